The number of rotatable bonds is 4. The third kappa shape index (κ3) is 4.71. The van der Waals surface area contributed by atoms with Crippen molar-refractivity contribution in [3.05, 3.63) is 23.2 Å². The molecule has 1 aromatic heterocycles. The predicted octanol–water partition coefficient (Wildman–Crippen LogP) is 1.68. The molecule has 0 radical (unpaired) electrons. The first-order chi connectivity index (χ1) is 10.7. The first kappa shape index (κ1) is 17.8. The van der Waals surface area contributed by atoms with Crippen molar-refractivity contribution in [2.45, 2.75) is 45.7 Å². The monoisotopic (exact) mass is 343 g/mol. The molecule has 2 N–H and O–H groups in total. The van der Waals surface area contributed by atoms with E-state index in [1.54, 1.807) is 0 Å². The standard InChI is InChI=1S/C15H25N3O4S/c1-10-9-14(12(3)22-10)11(2)16-15(19)17-13-5-7-18(8-6-13)23(4,20)21/h9,11,13H,5-8H2,1-4H3,(H2,16,17,19). The Morgan fingerprint density at radius 3 is 2.43 bits per heavy atom. The Morgan fingerprint density at radius 2 is 1.96 bits per heavy atom. The number of carbonyl (C=O) groups excluding carboxylic acids is 1. The quantitative estimate of drug-likeness (QED) is 0.870. The predicted molar refractivity (Wildman–Crippen MR) is 87.7 cm³/mol. The lowest BCUT2D eigenvalue weighted by atomic mass is 10.1. The number of aryl methyl sites for hydroxylation is 2. The van der Waals surface area contributed by atoms with E-state index in [1.165, 1.54) is 10.6 Å². The second-order valence-electron chi connectivity index (χ2n) is 6.14. The van der Waals surface area contributed by atoms with Crippen molar-refractivity contribution in [3.63, 3.8) is 0 Å². The molecule has 1 unspecified atom stereocenters. The van der Waals surface area contributed by atoms with Crippen molar-refractivity contribution in [2.75, 3.05) is 19.3 Å². The van der Waals surface area contributed by atoms with Crippen LogP contribution in [-0.2, 0) is 10.0 Å². The number of amides is 2. The van der Waals surface area contributed by atoms with Gasteiger partial charge >= 0.3 is 6.03 Å². The molecule has 23 heavy (non-hydrogen) atoms. The zero-order chi connectivity index (χ0) is 17.2. The topological polar surface area (TPSA) is 91.7 Å². The van der Waals surface area contributed by atoms with E-state index in [1.807, 2.05) is 26.8 Å². The molecule has 0 aromatic carbocycles. The fourth-order valence-electron chi connectivity index (χ4n) is 2.91. The highest BCUT2D eigenvalue weighted by atomic mass is 32.2. The first-order valence-corrected chi connectivity index (χ1v) is 9.60. The maximum atomic E-state index is 12.1. The van der Waals surface area contributed by atoms with Gasteiger partial charge in [-0.05, 0) is 39.7 Å². The Morgan fingerprint density at radius 1 is 1.35 bits per heavy atom. The van der Waals surface area contributed by atoms with Gasteiger partial charge in [0.1, 0.15) is 11.5 Å². The minimum Gasteiger partial charge on any atom is -0.466 e. The normalized spacial score (nSPS) is 18.6. The maximum absolute atomic E-state index is 12.1. The van der Waals surface area contributed by atoms with E-state index in [0.717, 1.165) is 17.1 Å². The summed E-state index contributed by atoms with van der Waals surface area (Å²) >= 11 is 0. The molecular weight excluding hydrogens is 318 g/mol. The average molecular weight is 343 g/mol. The van der Waals surface area contributed by atoms with Crippen LogP contribution in [0.3, 0.4) is 0 Å². The maximum Gasteiger partial charge on any atom is 0.315 e. The number of piperidine rings is 1. The van der Waals surface area contributed by atoms with E-state index in [-0.39, 0.29) is 18.1 Å². The summed E-state index contributed by atoms with van der Waals surface area (Å²) in [5, 5.41) is 5.81. The summed E-state index contributed by atoms with van der Waals surface area (Å²) in [6.45, 7) is 6.54. The number of urea groups is 1. The fourth-order valence-corrected chi connectivity index (χ4v) is 3.79. The molecule has 1 atom stereocenters. The molecule has 7 nitrogen and oxygen atoms in total. The van der Waals surface area contributed by atoms with Crippen molar-refractivity contribution < 1.29 is 17.6 Å². The number of hydrogen-bond donors (Lipinski definition) is 2. The fraction of sp³-hybridized carbons (Fsp3) is 0.667. The lowest BCUT2D eigenvalue weighted by Crippen LogP contribution is -2.49. The molecule has 2 amide bonds. The van der Waals surface area contributed by atoms with Crippen LogP contribution < -0.4 is 10.6 Å². The average Bonchev–Trinajstić information content (AvgIpc) is 2.77. The molecule has 2 rings (SSSR count). The smallest absolute Gasteiger partial charge is 0.315 e. The van der Waals surface area contributed by atoms with Crippen LogP contribution in [0.25, 0.3) is 0 Å². The van der Waals surface area contributed by atoms with Crippen LogP contribution in [0.1, 0.15) is 42.9 Å². The van der Waals surface area contributed by atoms with Gasteiger partial charge in [0.05, 0.1) is 12.3 Å². The highest BCUT2D eigenvalue weighted by molar-refractivity contribution is 7.88. The molecule has 0 spiro atoms. The van der Waals surface area contributed by atoms with Crippen LogP contribution >= 0.6 is 0 Å². The minimum atomic E-state index is -3.14. The van der Waals surface area contributed by atoms with Gasteiger partial charge in [-0.15, -0.1) is 0 Å². The zero-order valence-electron chi connectivity index (χ0n) is 14.0. The van der Waals surface area contributed by atoms with Crippen molar-refractivity contribution >= 4 is 16.1 Å². The number of hydrogen-bond acceptors (Lipinski definition) is 4. The van der Waals surface area contributed by atoms with E-state index in [4.69, 9.17) is 4.42 Å². The van der Waals surface area contributed by atoms with Gasteiger partial charge in [-0.3, -0.25) is 0 Å². The van der Waals surface area contributed by atoms with Gasteiger partial charge in [-0.25, -0.2) is 17.5 Å². The minimum absolute atomic E-state index is 0.00705. The summed E-state index contributed by atoms with van der Waals surface area (Å²) in [6, 6.07) is 1.52. The molecule has 1 saturated heterocycles. The van der Waals surface area contributed by atoms with E-state index < -0.39 is 10.0 Å². The third-order valence-corrected chi connectivity index (χ3v) is 5.45. The number of furan rings is 1. The molecule has 0 bridgehead atoms. The molecule has 130 valence electrons. The lowest BCUT2D eigenvalue weighted by Gasteiger charge is -2.30. The van der Waals surface area contributed by atoms with Crippen molar-refractivity contribution in [1.82, 2.24) is 14.9 Å². The second-order valence-corrected chi connectivity index (χ2v) is 8.13. The second kappa shape index (κ2) is 6.92. The molecular formula is C15H25N3O4S. The van der Waals surface area contributed by atoms with Gasteiger partial charge in [0, 0.05) is 24.7 Å². The Kier molecular flexibility index (Phi) is 5.36. The van der Waals surface area contributed by atoms with Crippen LogP contribution in [0, 0.1) is 13.8 Å². The van der Waals surface area contributed by atoms with E-state index in [0.29, 0.717) is 25.9 Å². The Hall–Kier alpha value is -1.54. The highest BCUT2D eigenvalue weighted by Gasteiger charge is 2.26. The van der Waals surface area contributed by atoms with E-state index in [9.17, 15) is 13.2 Å². The van der Waals surface area contributed by atoms with Crippen molar-refractivity contribution in [2.24, 2.45) is 0 Å². The number of carbonyl (C=O) groups is 1. The van der Waals surface area contributed by atoms with Crippen LogP contribution in [0.5, 0.6) is 0 Å². The summed E-state index contributed by atoms with van der Waals surface area (Å²) < 4.78 is 29.9. The number of nitrogens with one attached hydrogen (secondary N) is 2. The van der Waals surface area contributed by atoms with E-state index >= 15 is 0 Å². The van der Waals surface area contributed by atoms with Crippen molar-refractivity contribution in [1.29, 1.82) is 0 Å². The summed E-state index contributed by atoms with van der Waals surface area (Å²) in [4.78, 5) is 12.1. The van der Waals surface area contributed by atoms with Gasteiger partial charge < -0.3 is 15.1 Å². The number of sulfonamides is 1. The molecule has 1 aliphatic rings. The Balaban J connectivity index is 1.83. The molecule has 1 aliphatic heterocycles. The van der Waals surface area contributed by atoms with Gasteiger partial charge in [-0.2, -0.15) is 0 Å². The van der Waals surface area contributed by atoms with Gasteiger partial charge in [0.25, 0.3) is 0 Å². The van der Waals surface area contributed by atoms with Crippen LogP contribution in [-0.4, -0.2) is 44.1 Å². The summed E-state index contributed by atoms with van der Waals surface area (Å²) in [7, 11) is -3.14. The Bertz CT molecular complexity index is 660. The third-order valence-electron chi connectivity index (χ3n) is 4.15. The van der Waals surface area contributed by atoms with E-state index in [2.05, 4.69) is 10.6 Å². The zero-order valence-corrected chi connectivity index (χ0v) is 14.9. The van der Waals surface area contributed by atoms with Gasteiger partial charge in [0.15, 0.2) is 0 Å². The summed E-state index contributed by atoms with van der Waals surface area (Å²) in [6.07, 6.45) is 2.46. The molecule has 1 fully saturated rings. The number of nitrogens with zero attached hydrogens (tertiary/aromatic N) is 1. The van der Waals surface area contributed by atoms with Gasteiger partial charge in [0.2, 0.25) is 10.0 Å². The molecule has 2 heterocycles. The summed E-state index contributed by atoms with van der Waals surface area (Å²) in [5.41, 5.74) is 0.963. The largest absolute Gasteiger partial charge is 0.466 e. The molecule has 0 aliphatic carbocycles. The van der Waals surface area contributed by atoms with Crippen LogP contribution in [0.4, 0.5) is 4.79 Å². The SMILES string of the molecule is Cc1cc(C(C)NC(=O)NC2CCN(S(C)(=O)=O)CC2)c(C)o1. The van der Waals surface area contributed by atoms with Crippen LogP contribution in [0.2, 0.25) is 0 Å². The van der Waals surface area contributed by atoms with Crippen molar-refractivity contribution in [3.8, 4) is 0 Å². The molecule has 0 saturated carbocycles. The molecule has 1 aromatic rings. The first-order valence-electron chi connectivity index (χ1n) is 7.76. The van der Waals surface area contributed by atoms with Gasteiger partial charge in [-0.1, -0.05) is 0 Å². The Labute approximate surface area is 137 Å². The lowest BCUT2D eigenvalue weighted by molar-refractivity contribution is 0.225. The summed E-state index contributed by atoms with van der Waals surface area (Å²) in [5.74, 6) is 1.62. The highest BCUT2D eigenvalue weighted by Crippen LogP contribution is 2.21. The van der Waals surface area contributed by atoms with Crippen LogP contribution in [0.15, 0.2) is 10.5 Å². The molecule has 8 heteroatoms.